The molecule has 1 aliphatic heterocycles. The van der Waals surface area contributed by atoms with Gasteiger partial charge in [-0.15, -0.1) is 0 Å². The molecule has 0 bridgehead atoms. The summed E-state index contributed by atoms with van der Waals surface area (Å²) in [6.45, 7) is 6.74. The minimum atomic E-state index is 0.00372. The number of fused-ring (bicyclic) bond motifs is 1. The SMILES string of the molecule is CCOC(C)c1nc2c(c(C3CCC3)n1)CNCC2. The van der Waals surface area contributed by atoms with Crippen molar-refractivity contribution in [3.63, 3.8) is 0 Å². The highest BCUT2D eigenvalue weighted by molar-refractivity contribution is 5.32. The molecule has 1 aliphatic carbocycles. The Morgan fingerprint density at radius 2 is 2.21 bits per heavy atom. The highest BCUT2D eigenvalue weighted by atomic mass is 16.5. The predicted octanol–water partition coefficient (Wildman–Crippen LogP) is 2.49. The van der Waals surface area contributed by atoms with Crippen LogP contribution in [0.1, 0.15) is 67.9 Å². The lowest BCUT2D eigenvalue weighted by molar-refractivity contribution is 0.0694. The van der Waals surface area contributed by atoms with E-state index in [9.17, 15) is 0 Å². The van der Waals surface area contributed by atoms with E-state index in [0.29, 0.717) is 12.5 Å². The highest BCUT2D eigenvalue weighted by Gasteiger charge is 2.28. The third-order valence-corrected chi connectivity index (χ3v) is 4.25. The Kier molecular flexibility index (Phi) is 3.80. The zero-order valence-electron chi connectivity index (χ0n) is 11.9. The first-order valence-electron chi connectivity index (χ1n) is 7.51. The van der Waals surface area contributed by atoms with Gasteiger partial charge in [0.1, 0.15) is 6.10 Å². The van der Waals surface area contributed by atoms with Gasteiger partial charge in [0.05, 0.1) is 11.4 Å². The molecule has 2 heterocycles. The topological polar surface area (TPSA) is 47.0 Å². The molecule has 0 amide bonds. The van der Waals surface area contributed by atoms with Crippen LogP contribution in [0.15, 0.2) is 0 Å². The van der Waals surface area contributed by atoms with Crippen LogP contribution in [0.4, 0.5) is 0 Å². The molecule has 1 atom stereocenters. The summed E-state index contributed by atoms with van der Waals surface area (Å²) in [5, 5.41) is 3.45. The van der Waals surface area contributed by atoms with E-state index in [4.69, 9.17) is 14.7 Å². The Morgan fingerprint density at radius 1 is 1.37 bits per heavy atom. The Labute approximate surface area is 115 Å². The second-order valence-electron chi connectivity index (χ2n) is 5.54. The van der Waals surface area contributed by atoms with Crippen LogP contribution in [0.5, 0.6) is 0 Å². The molecule has 1 fully saturated rings. The smallest absolute Gasteiger partial charge is 0.157 e. The van der Waals surface area contributed by atoms with Gasteiger partial charge in [-0.1, -0.05) is 6.42 Å². The zero-order chi connectivity index (χ0) is 13.2. The van der Waals surface area contributed by atoms with Crippen molar-refractivity contribution in [2.45, 2.75) is 58.1 Å². The Morgan fingerprint density at radius 3 is 2.89 bits per heavy atom. The van der Waals surface area contributed by atoms with E-state index >= 15 is 0 Å². The van der Waals surface area contributed by atoms with E-state index in [1.165, 1.54) is 36.2 Å². The molecule has 0 spiro atoms. The van der Waals surface area contributed by atoms with E-state index in [2.05, 4.69) is 12.2 Å². The van der Waals surface area contributed by atoms with Crippen LogP contribution in [0.3, 0.4) is 0 Å². The van der Waals surface area contributed by atoms with Gasteiger partial charge < -0.3 is 10.1 Å². The zero-order valence-corrected chi connectivity index (χ0v) is 11.9. The maximum atomic E-state index is 5.66. The van der Waals surface area contributed by atoms with Crippen molar-refractivity contribution in [3.8, 4) is 0 Å². The molecule has 104 valence electrons. The molecule has 19 heavy (non-hydrogen) atoms. The van der Waals surface area contributed by atoms with Crippen LogP contribution in [0, 0.1) is 0 Å². The van der Waals surface area contributed by atoms with Crippen LogP contribution >= 0.6 is 0 Å². The number of hydrogen-bond acceptors (Lipinski definition) is 4. The second kappa shape index (κ2) is 5.55. The first-order valence-corrected chi connectivity index (χ1v) is 7.51. The van der Waals surface area contributed by atoms with Gasteiger partial charge in [-0.3, -0.25) is 0 Å². The Hall–Kier alpha value is -1.00. The third-order valence-electron chi connectivity index (χ3n) is 4.25. The summed E-state index contributed by atoms with van der Waals surface area (Å²) < 4.78 is 5.66. The van der Waals surface area contributed by atoms with Gasteiger partial charge in [-0.2, -0.15) is 0 Å². The normalized spacial score (nSPS) is 20.7. The number of hydrogen-bond donors (Lipinski definition) is 1. The van der Waals surface area contributed by atoms with Crippen molar-refractivity contribution in [2.24, 2.45) is 0 Å². The van der Waals surface area contributed by atoms with Crippen molar-refractivity contribution in [1.29, 1.82) is 0 Å². The number of aromatic nitrogens is 2. The van der Waals surface area contributed by atoms with Crippen LogP contribution in [-0.2, 0) is 17.7 Å². The summed E-state index contributed by atoms with van der Waals surface area (Å²) in [6, 6.07) is 0. The number of nitrogens with one attached hydrogen (secondary N) is 1. The van der Waals surface area contributed by atoms with E-state index in [1.807, 2.05) is 6.92 Å². The van der Waals surface area contributed by atoms with E-state index in [0.717, 1.165) is 25.3 Å². The van der Waals surface area contributed by atoms with Gasteiger partial charge in [-0.25, -0.2) is 9.97 Å². The molecule has 0 aromatic carbocycles. The summed E-state index contributed by atoms with van der Waals surface area (Å²) in [5.74, 6) is 1.54. The van der Waals surface area contributed by atoms with Gasteiger partial charge in [0.2, 0.25) is 0 Å². The van der Waals surface area contributed by atoms with Gasteiger partial charge in [0.15, 0.2) is 5.82 Å². The molecule has 4 heteroatoms. The van der Waals surface area contributed by atoms with Gasteiger partial charge in [0.25, 0.3) is 0 Å². The molecule has 2 aliphatic rings. The standard InChI is InChI=1S/C15H23N3O/c1-3-19-10(2)15-17-13-7-8-16-9-12(13)14(18-15)11-5-4-6-11/h10-11,16H,3-9H2,1-2H3. The van der Waals surface area contributed by atoms with Gasteiger partial charge >= 0.3 is 0 Å². The summed E-state index contributed by atoms with van der Waals surface area (Å²) in [4.78, 5) is 9.61. The molecule has 1 unspecified atom stereocenters. The number of ether oxygens (including phenoxy) is 1. The van der Waals surface area contributed by atoms with Gasteiger partial charge in [-0.05, 0) is 26.7 Å². The fraction of sp³-hybridized carbons (Fsp3) is 0.733. The average Bonchev–Trinajstić information content (AvgIpc) is 2.37. The van der Waals surface area contributed by atoms with E-state index in [1.54, 1.807) is 0 Å². The minimum absolute atomic E-state index is 0.00372. The number of nitrogens with zero attached hydrogens (tertiary/aromatic N) is 2. The van der Waals surface area contributed by atoms with Gasteiger partial charge in [0, 0.05) is 37.6 Å². The first kappa shape index (κ1) is 13.0. The first-order chi connectivity index (χ1) is 9.29. The maximum absolute atomic E-state index is 5.66. The van der Waals surface area contributed by atoms with E-state index in [-0.39, 0.29) is 6.10 Å². The monoisotopic (exact) mass is 261 g/mol. The molecule has 1 saturated carbocycles. The molecular formula is C15H23N3O. The van der Waals surface area contributed by atoms with Crippen LogP contribution in [0.2, 0.25) is 0 Å². The van der Waals surface area contributed by atoms with Crippen LogP contribution in [-0.4, -0.2) is 23.1 Å². The molecule has 3 rings (SSSR count). The summed E-state index contributed by atoms with van der Waals surface area (Å²) in [7, 11) is 0. The Bertz CT molecular complexity index is 457. The van der Waals surface area contributed by atoms with E-state index < -0.39 is 0 Å². The quantitative estimate of drug-likeness (QED) is 0.904. The predicted molar refractivity (Wildman–Crippen MR) is 74.1 cm³/mol. The lowest BCUT2D eigenvalue weighted by atomic mass is 9.80. The van der Waals surface area contributed by atoms with Crippen LogP contribution in [0.25, 0.3) is 0 Å². The van der Waals surface area contributed by atoms with Crippen LogP contribution < -0.4 is 5.32 Å². The largest absolute Gasteiger partial charge is 0.371 e. The average molecular weight is 261 g/mol. The van der Waals surface area contributed by atoms with Crippen molar-refractivity contribution >= 4 is 0 Å². The maximum Gasteiger partial charge on any atom is 0.157 e. The van der Waals surface area contributed by atoms with Crippen molar-refractivity contribution < 1.29 is 4.74 Å². The lowest BCUT2D eigenvalue weighted by Crippen LogP contribution is -2.29. The third kappa shape index (κ3) is 2.51. The summed E-state index contributed by atoms with van der Waals surface area (Å²) in [6.07, 6.45) is 4.93. The lowest BCUT2D eigenvalue weighted by Gasteiger charge is -2.30. The highest BCUT2D eigenvalue weighted by Crippen LogP contribution is 2.38. The van der Waals surface area contributed by atoms with Crippen molar-refractivity contribution in [1.82, 2.24) is 15.3 Å². The minimum Gasteiger partial charge on any atom is -0.371 e. The summed E-state index contributed by atoms with van der Waals surface area (Å²) in [5.41, 5.74) is 3.91. The molecule has 1 aromatic rings. The molecule has 0 radical (unpaired) electrons. The molecule has 1 aromatic heterocycles. The summed E-state index contributed by atoms with van der Waals surface area (Å²) >= 11 is 0. The molecule has 0 saturated heterocycles. The molecule has 1 N–H and O–H groups in total. The number of rotatable bonds is 4. The Balaban J connectivity index is 1.97. The molecular weight excluding hydrogens is 238 g/mol. The second-order valence-corrected chi connectivity index (χ2v) is 5.54. The van der Waals surface area contributed by atoms with Crippen molar-refractivity contribution in [2.75, 3.05) is 13.2 Å². The fourth-order valence-corrected chi connectivity index (χ4v) is 2.91. The fourth-order valence-electron chi connectivity index (χ4n) is 2.91. The molecule has 4 nitrogen and oxygen atoms in total. The van der Waals surface area contributed by atoms with Crippen molar-refractivity contribution in [3.05, 3.63) is 22.8 Å².